The van der Waals surface area contributed by atoms with Crippen LogP contribution in [-0.2, 0) is 9.59 Å². The van der Waals surface area contributed by atoms with E-state index in [4.69, 9.17) is 0 Å². The zero-order chi connectivity index (χ0) is 26.7. The lowest BCUT2D eigenvalue weighted by atomic mass is 9.75. The molecular formula is C30H30FN3O4. The number of halogens is 1. The van der Waals surface area contributed by atoms with Crippen LogP contribution in [0.5, 0.6) is 0 Å². The number of urea groups is 1. The SMILES string of the molecule is O=C(CC1(C(=O)O)CCN(C(=O)N(c2ccc(F)cc2)C2CC2)CC1)N(c1ccccc1)c1ccccc1. The molecule has 0 spiro atoms. The normalized spacial score (nSPS) is 16.5. The van der Waals surface area contributed by atoms with Crippen LogP contribution in [0.2, 0.25) is 0 Å². The van der Waals surface area contributed by atoms with Crippen LogP contribution < -0.4 is 9.80 Å². The number of likely N-dealkylation sites (tertiary alicyclic amines) is 1. The van der Waals surface area contributed by atoms with Crippen molar-refractivity contribution >= 4 is 35.0 Å². The Labute approximate surface area is 221 Å². The highest BCUT2D eigenvalue weighted by Gasteiger charge is 2.46. The maximum atomic E-state index is 13.7. The monoisotopic (exact) mass is 515 g/mol. The topological polar surface area (TPSA) is 81.2 Å². The summed E-state index contributed by atoms with van der Waals surface area (Å²) in [7, 11) is 0. The quantitative estimate of drug-likeness (QED) is 0.429. The summed E-state index contributed by atoms with van der Waals surface area (Å²) in [6.45, 7) is 0.443. The Bertz CT molecular complexity index is 1250. The van der Waals surface area contributed by atoms with Crippen LogP contribution in [0.25, 0.3) is 0 Å². The maximum absolute atomic E-state index is 13.7. The summed E-state index contributed by atoms with van der Waals surface area (Å²) in [5, 5.41) is 10.3. The number of carbonyl (C=O) groups is 3. The molecule has 0 atom stereocenters. The Kier molecular flexibility index (Phi) is 7.13. The Hall–Kier alpha value is -4.20. The molecule has 2 aliphatic rings. The largest absolute Gasteiger partial charge is 0.481 e. The number of nitrogens with zero attached hydrogens (tertiary/aromatic N) is 3. The van der Waals surface area contributed by atoms with Crippen LogP contribution in [0.15, 0.2) is 84.9 Å². The molecule has 0 unspecified atom stereocenters. The number of carboxylic acids is 1. The summed E-state index contributed by atoms with van der Waals surface area (Å²) in [5.41, 5.74) is 0.675. The molecule has 1 aliphatic heterocycles. The van der Waals surface area contributed by atoms with Gasteiger partial charge in [0.2, 0.25) is 5.91 Å². The highest BCUT2D eigenvalue weighted by Crippen LogP contribution is 2.40. The first-order valence-corrected chi connectivity index (χ1v) is 12.9. The minimum Gasteiger partial charge on any atom is -0.481 e. The van der Waals surface area contributed by atoms with Crippen LogP contribution in [0, 0.1) is 11.2 Å². The molecule has 3 aromatic rings. The third kappa shape index (κ3) is 5.25. The van der Waals surface area contributed by atoms with Gasteiger partial charge in [-0.25, -0.2) is 9.18 Å². The zero-order valence-corrected chi connectivity index (χ0v) is 21.0. The van der Waals surface area contributed by atoms with Crippen LogP contribution in [0.1, 0.15) is 32.1 Å². The molecule has 38 heavy (non-hydrogen) atoms. The first-order chi connectivity index (χ1) is 18.4. The Morgan fingerprint density at radius 1 is 0.816 bits per heavy atom. The van der Waals surface area contributed by atoms with Gasteiger partial charge in [-0.2, -0.15) is 0 Å². The summed E-state index contributed by atoms with van der Waals surface area (Å²) in [6, 6.07) is 24.1. The van der Waals surface area contributed by atoms with E-state index in [9.17, 15) is 23.9 Å². The summed E-state index contributed by atoms with van der Waals surface area (Å²) in [6.07, 6.45) is 1.90. The minimum absolute atomic E-state index is 0.0611. The van der Waals surface area contributed by atoms with Crippen LogP contribution in [0.4, 0.5) is 26.2 Å². The van der Waals surface area contributed by atoms with Gasteiger partial charge in [0.15, 0.2) is 0 Å². The fraction of sp³-hybridized carbons (Fsp3) is 0.300. The van der Waals surface area contributed by atoms with E-state index >= 15 is 0 Å². The molecule has 0 radical (unpaired) electrons. The van der Waals surface area contributed by atoms with Crippen molar-refractivity contribution in [3.63, 3.8) is 0 Å². The molecule has 3 aromatic carbocycles. The molecule has 1 aliphatic carbocycles. The van der Waals surface area contributed by atoms with Crippen molar-refractivity contribution in [3.05, 3.63) is 90.7 Å². The Morgan fingerprint density at radius 3 is 1.82 bits per heavy atom. The molecule has 1 saturated heterocycles. The predicted octanol–water partition coefficient (Wildman–Crippen LogP) is 5.84. The Balaban J connectivity index is 1.33. The highest BCUT2D eigenvalue weighted by atomic mass is 19.1. The predicted molar refractivity (Wildman–Crippen MR) is 143 cm³/mol. The van der Waals surface area contributed by atoms with Gasteiger partial charge in [0.05, 0.1) is 5.41 Å². The molecule has 8 heteroatoms. The Morgan fingerprint density at radius 2 is 1.34 bits per heavy atom. The molecule has 1 heterocycles. The number of rotatable bonds is 7. The number of carboxylic acid groups (broad SMARTS) is 1. The van der Waals surface area contributed by atoms with Crippen LogP contribution in [-0.4, -0.2) is 47.0 Å². The molecule has 3 amide bonds. The molecule has 1 saturated carbocycles. The number of anilines is 3. The molecule has 1 N–H and O–H groups in total. The van der Waals surface area contributed by atoms with Gasteiger partial charge in [-0.3, -0.25) is 19.4 Å². The van der Waals surface area contributed by atoms with Crippen LogP contribution in [0.3, 0.4) is 0 Å². The summed E-state index contributed by atoms with van der Waals surface area (Å²) < 4.78 is 13.5. The summed E-state index contributed by atoms with van der Waals surface area (Å²) in [5.74, 6) is -1.71. The average Bonchev–Trinajstić information content (AvgIpc) is 3.77. The third-order valence-corrected chi connectivity index (χ3v) is 7.44. The zero-order valence-electron chi connectivity index (χ0n) is 21.0. The third-order valence-electron chi connectivity index (χ3n) is 7.44. The second-order valence-electron chi connectivity index (χ2n) is 10.0. The van der Waals surface area contributed by atoms with Crippen molar-refractivity contribution in [1.82, 2.24) is 4.90 Å². The second kappa shape index (κ2) is 10.7. The van der Waals surface area contributed by atoms with Gasteiger partial charge in [0, 0.05) is 42.6 Å². The molecule has 2 fully saturated rings. The lowest BCUT2D eigenvalue weighted by Crippen LogP contribution is -2.52. The van der Waals surface area contributed by atoms with E-state index in [0.29, 0.717) is 17.1 Å². The van der Waals surface area contributed by atoms with E-state index in [1.165, 1.54) is 12.1 Å². The van der Waals surface area contributed by atoms with E-state index < -0.39 is 11.4 Å². The summed E-state index contributed by atoms with van der Waals surface area (Å²) in [4.78, 5) is 44.6. The van der Waals surface area contributed by atoms with Crippen molar-refractivity contribution in [2.75, 3.05) is 22.9 Å². The second-order valence-corrected chi connectivity index (χ2v) is 10.0. The van der Waals surface area contributed by atoms with Gasteiger partial charge < -0.3 is 10.0 Å². The first kappa shape index (κ1) is 25.4. The molecule has 5 rings (SSSR count). The molecular weight excluding hydrogens is 485 g/mol. The van der Waals surface area contributed by atoms with Gasteiger partial charge >= 0.3 is 12.0 Å². The average molecular weight is 516 g/mol. The number of aliphatic carboxylic acids is 1. The number of para-hydroxylation sites is 2. The van der Waals surface area contributed by atoms with E-state index in [2.05, 4.69) is 0 Å². The van der Waals surface area contributed by atoms with Crippen molar-refractivity contribution in [2.24, 2.45) is 5.41 Å². The number of piperidine rings is 1. The number of hydrogen-bond donors (Lipinski definition) is 1. The molecule has 196 valence electrons. The fourth-order valence-corrected chi connectivity index (χ4v) is 5.12. The van der Waals surface area contributed by atoms with Crippen molar-refractivity contribution in [3.8, 4) is 0 Å². The van der Waals surface area contributed by atoms with Gasteiger partial charge in [0.25, 0.3) is 0 Å². The lowest BCUT2D eigenvalue weighted by Gasteiger charge is -2.41. The van der Waals surface area contributed by atoms with E-state index in [1.807, 2.05) is 60.7 Å². The fourth-order valence-electron chi connectivity index (χ4n) is 5.12. The summed E-state index contributed by atoms with van der Waals surface area (Å²) >= 11 is 0. The van der Waals surface area contributed by atoms with Gasteiger partial charge in [-0.15, -0.1) is 0 Å². The van der Waals surface area contributed by atoms with Gasteiger partial charge in [0.1, 0.15) is 5.82 Å². The smallest absolute Gasteiger partial charge is 0.324 e. The standard InChI is InChI=1S/C30H30FN3O4/c31-22-11-13-25(14-12-22)34(26-15-16-26)29(38)32-19-17-30(18-20-32,28(36)37)21-27(35)33(23-7-3-1-4-8-23)24-9-5-2-6-10-24/h1-14,26H,15-21H2,(H,36,37). The minimum atomic E-state index is -1.28. The van der Waals surface area contributed by atoms with Crippen molar-refractivity contribution < 1.29 is 23.9 Å². The van der Waals surface area contributed by atoms with Gasteiger partial charge in [-0.1, -0.05) is 36.4 Å². The lowest BCUT2D eigenvalue weighted by molar-refractivity contribution is -0.154. The van der Waals surface area contributed by atoms with Crippen LogP contribution >= 0.6 is 0 Å². The molecule has 0 bridgehead atoms. The van der Waals surface area contributed by atoms with Crippen molar-refractivity contribution in [1.29, 1.82) is 0 Å². The number of amides is 3. The first-order valence-electron chi connectivity index (χ1n) is 12.9. The van der Waals surface area contributed by atoms with Crippen molar-refractivity contribution in [2.45, 2.75) is 38.1 Å². The highest BCUT2D eigenvalue weighted by molar-refractivity contribution is 6.02. The number of carbonyl (C=O) groups excluding carboxylic acids is 2. The maximum Gasteiger partial charge on any atom is 0.324 e. The number of hydrogen-bond acceptors (Lipinski definition) is 3. The number of benzene rings is 3. The molecule has 0 aromatic heterocycles. The molecule has 7 nitrogen and oxygen atoms in total. The van der Waals surface area contributed by atoms with E-state index in [-0.39, 0.29) is 56.1 Å². The van der Waals surface area contributed by atoms with E-state index in [0.717, 1.165) is 12.8 Å². The van der Waals surface area contributed by atoms with E-state index in [1.54, 1.807) is 26.8 Å². The van der Waals surface area contributed by atoms with Gasteiger partial charge in [-0.05, 0) is 74.2 Å².